The maximum atomic E-state index is 12.7. The van der Waals surface area contributed by atoms with Crippen LogP contribution in [0.2, 0.25) is 0 Å². The van der Waals surface area contributed by atoms with Crippen molar-refractivity contribution in [3.63, 3.8) is 0 Å². The minimum absolute atomic E-state index is 0.00243. The standard InChI is InChI=1S/C35H44N4O6/c36-30-9-4-5-10-31(30)38-34(42)12-3-1-2-11-33(41)37-28-8-6-7-27(21-28)35-44-29(23-39-17-19-43-20-18-39)22-32(45-35)26-15-13-25(24-40)14-16-26/h4-10,13-16,21,29,32,35,40H,1-3,11-12,17-20,22-24,36H2,(H,37,41)(H,38,42). The van der Waals surface area contributed by atoms with Gasteiger partial charge in [0.1, 0.15) is 0 Å². The van der Waals surface area contributed by atoms with Gasteiger partial charge in [-0.2, -0.15) is 0 Å². The van der Waals surface area contributed by atoms with E-state index in [1.165, 1.54) is 0 Å². The first-order valence-corrected chi connectivity index (χ1v) is 15.8. The summed E-state index contributed by atoms with van der Waals surface area (Å²) in [5, 5.41) is 15.3. The minimum Gasteiger partial charge on any atom is -0.397 e. The third-order valence-electron chi connectivity index (χ3n) is 8.17. The number of amides is 2. The quantitative estimate of drug-likeness (QED) is 0.153. The molecule has 0 aromatic heterocycles. The Bertz CT molecular complexity index is 1390. The average Bonchev–Trinajstić information content (AvgIpc) is 3.06. The number of nitrogens with zero attached hydrogens (tertiary/aromatic N) is 1. The Morgan fingerprint density at radius 3 is 2.31 bits per heavy atom. The molecule has 0 aliphatic carbocycles. The van der Waals surface area contributed by atoms with Gasteiger partial charge in [0, 0.05) is 50.1 Å². The lowest BCUT2D eigenvalue weighted by Crippen LogP contribution is -2.44. The topological polar surface area (TPSA) is 135 Å². The van der Waals surface area contributed by atoms with Crippen LogP contribution in [-0.4, -0.2) is 60.8 Å². The van der Waals surface area contributed by atoms with Crippen LogP contribution < -0.4 is 16.4 Å². The monoisotopic (exact) mass is 616 g/mol. The molecular formula is C35H44N4O6. The number of morpholine rings is 1. The van der Waals surface area contributed by atoms with Crippen LogP contribution in [0.1, 0.15) is 67.6 Å². The summed E-state index contributed by atoms with van der Waals surface area (Å²) in [6.45, 7) is 3.97. The normalized spacial score (nSPS) is 20.4. The molecule has 45 heavy (non-hydrogen) atoms. The third kappa shape index (κ3) is 9.84. The molecule has 5 N–H and O–H groups in total. The highest BCUT2D eigenvalue weighted by atomic mass is 16.7. The van der Waals surface area contributed by atoms with Gasteiger partial charge in [-0.1, -0.05) is 55.0 Å². The number of nitrogens with two attached hydrogens (primary N) is 1. The van der Waals surface area contributed by atoms with Crippen LogP contribution in [0.5, 0.6) is 0 Å². The van der Waals surface area contributed by atoms with Gasteiger partial charge in [-0.3, -0.25) is 14.5 Å². The molecule has 2 aliphatic rings. The summed E-state index contributed by atoms with van der Waals surface area (Å²) in [4.78, 5) is 27.3. The molecule has 240 valence electrons. The molecule has 2 amide bonds. The first kappa shape index (κ1) is 32.6. The van der Waals surface area contributed by atoms with E-state index in [0.717, 1.165) is 56.0 Å². The molecule has 2 heterocycles. The number of carbonyl (C=O) groups excluding carboxylic acids is 2. The molecule has 2 saturated heterocycles. The van der Waals surface area contributed by atoms with Gasteiger partial charge in [0.2, 0.25) is 11.8 Å². The van der Waals surface area contributed by atoms with Crippen LogP contribution in [0.25, 0.3) is 0 Å². The molecule has 0 bridgehead atoms. The van der Waals surface area contributed by atoms with Crippen LogP contribution in [0.4, 0.5) is 17.1 Å². The van der Waals surface area contributed by atoms with Crippen molar-refractivity contribution in [2.24, 2.45) is 0 Å². The Kier molecular flexibility index (Phi) is 11.9. The third-order valence-corrected chi connectivity index (χ3v) is 8.17. The van der Waals surface area contributed by atoms with Gasteiger partial charge < -0.3 is 35.7 Å². The van der Waals surface area contributed by atoms with Gasteiger partial charge in [0.05, 0.1) is 43.4 Å². The molecule has 2 fully saturated rings. The molecule has 10 nitrogen and oxygen atoms in total. The van der Waals surface area contributed by atoms with Crippen molar-refractivity contribution in [3.05, 3.63) is 89.5 Å². The Morgan fingerprint density at radius 2 is 1.58 bits per heavy atom. The minimum atomic E-state index is -0.596. The van der Waals surface area contributed by atoms with Crippen molar-refractivity contribution >= 4 is 28.9 Å². The van der Waals surface area contributed by atoms with Crippen molar-refractivity contribution < 1.29 is 28.9 Å². The molecule has 2 aliphatic heterocycles. The zero-order chi connectivity index (χ0) is 31.4. The van der Waals surface area contributed by atoms with Gasteiger partial charge in [-0.25, -0.2) is 0 Å². The summed E-state index contributed by atoms with van der Waals surface area (Å²) in [7, 11) is 0. The smallest absolute Gasteiger partial charge is 0.224 e. The second kappa shape index (κ2) is 16.5. The van der Waals surface area contributed by atoms with E-state index < -0.39 is 6.29 Å². The molecule has 3 unspecified atom stereocenters. The van der Waals surface area contributed by atoms with Crippen LogP contribution in [0.15, 0.2) is 72.8 Å². The highest BCUT2D eigenvalue weighted by Crippen LogP contribution is 2.38. The van der Waals surface area contributed by atoms with Gasteiger partial charge in [-0.05, 0) is 48.2 Å². The van der Waals surface area contributed by atoms with Crippen LogP contribution in [0.3, 0.4) is 0 Å². The van der Waals surface area contributed by atoms with Gasteiger partial charge >= 0.3 is 0 Å². The van der Waals surface area contributed by atoms with E-state index in [1.807, 2.05) is 60.7 Å². The predicted octanol–water partition coefficient (Wildman–Crippen LogP) is 5.17. The van der Waals surface area contributed by atoms with E-state index in [2.05, 4.69) is 15.5 Å². The van der Waals surface area contributed by atoms with E-state index in [-0.39, 0.29) is 30.6 Å². The summed E-state index contributed by atoms with van der Waals surface area (Å²) >= 11 is 0. The molecule has 3 aromatic carbocycles. The van der Waals surface area contributed by atoms with E-state index in [4.69, 9.17) is 19.9 Å². The van der Waals surface area contributed by atoms with Gasteiger partial charge in [-0.15, -0.1) is 0 Å². The lowest BCUT2D eigenvalue weighted by atomic mass is 9.99. The molecule has 0 saturated carbocycles. The number of ether oxygens (including phenoxy) is 3. The van der Waals surface area contributed by atoms with E-state index in [9.17, 15) is 14.7 Å². The number of hydrogen-bond donors (Lipinski definition) is 4. The fourth-order valence-corrected chi connectivity index (χ4v) is 5.66. The van der Waals surface area contributed by atoms with Crippen LogP contribution >= 0.6 is 0 Å². The number of aliphatic hydroxyl groups is 1. The highest BCUT2D eigenvalue weighted by Gasteiger charge is 2.33. The molecule has 10 heteroatoms. The number of nitrogen functional groups attached to an aromatic ring is 1. The van der Waals surface area contributed by atoms with Crippen molar-refractivity contribution in [1.82, 2.24) is 4.90 Å². The Balaban J connectivity index is 1.13. The first-order valence-electron chi connectivity index (χ1n) is 15.8. The number of hydrogen-bond acceptors (Lipinski definition) is 8. The van der Waals surface area contributed by atoms with Gasteiger partial charge in [0.25, 0.3) is 0 Å². The number of benzene rings is 3. The fourth-order valence-electron chi connectivity index (χ4n) is 5.66. The zero-order valence-corrected chi connectivity index (χ0v) is 25.7. The number of para-hydroxylation sites is 2. The largest absolute Gasteiger partial charge is 0.397 e. The molecule has 5 rings (SSSR count). The van der Waals surface area contributed by atoms with E-state index in [1.54, 1.807) is 12.1 Å². The Labute approximate surface area is 264 Å². The predicted molar refractivity (Wildman–Crippen MR) is 173 cm³/mol. The van der Waals surface area contributed by atoms with Crippen molar-refractivity contribution in [2.45, 2.75) is 63.6 Å². The molecular weight excluding hydrogens is 572 g/mol. The van der Waals surface area contributed by atoms with Crippen LogP contribution in [0, 0.1) is 0 Å². The summed E-state index contributed by atoms with van der Waals surface area (Å²) in [5.74, 6) is -0.163. The Morgan fingerprint density at radius 1 is 0.844 bits per heavy atom. The lowest BCUT2D eigenvalue weighted by Gasteiger charge is -2.39. The number of rotatable bonds is 13. The SMILES string of the molecule is Nc1ccccc1NC(=O)CCCCCC(=O)Nc1cccc(C2OC(CN3CCOCC3)CC(c3ccc(CO)cc3)O2)c1. The van der Waals surface area contributed by atoms with Crippen molar-refractivity contribution in [3.8, 4) is 0 Å². The average molecular weight is 617 g/mol. The highest BCUT2D eigenvalue weighted by molar-refractivity contribution is 5.93. The number of nitrogens with one attached hydrogen (secondary N) is 2. The molecule has 0 spiro atoms. The van der Waals surface area contributed by atoms with E-state index in [0.29, 0.717) is 49.2 Å². The number of carbonyl (C=O) groups is 2. The summed E-state index contributed by atoms with van der Waals surface area (Å²) < 4.78 is 18.5. The summed E-state index contributed by atoms with van der Waals surface area (Å²) in [6.07, 6.45) is 2.77. The lowest BCUT2D eigenvalue weighted by molar-refractivity contribution is -0.253. The Hall–Kier alpha value is -3.80. The van der Waals surface area contributed by atoms with Gasteiger partial charge in [0.15, 0.2) is 6.29 Å². The molecule has 0 radical (unpaired) electrons. The van der Waals surface area contributed by atoms with Crippen LogP contribution in [-0.2, 0) is 30.4 Å². The van der Waals surface area contributed by atoms with Crippen molar-refractivity contribution in [1.29, 1.82) is 0 Å². The molecule has 3 atom stereocenters. The maximum Gasteiger partial charge on any atom is 0.224 e. The second-order valence-electron chi connectivity index (χ2n) is 11.6. The number of aliphatic hydroxyl groups excluding tert-OH is 1. The molecule has 3 aromatic rings. The number of unbranched alkanes of at least 4 members (excludes halogenated alkanes) is 2. The number of anilines is 3. The fraction of sp³-hybridized carbons (Fsp3) is 0.429. The first-order chi connectivity index (χ1) is 22.0. The summed E-state index contributed by atoms with van der Waals surface area (Å²) in [5.41, 5.74) is 10.5. The maximum absolute atomic E-state index is 12.7. The zero-order valence-electron chi connectivity index (χ0n) is 25.7. The van der Waals surface area contributed by atoms with E-state index >= 15 is 0 Å². The van der Waals surface area contributed by atoms with Crippen molar-refractivity contribution in [2.75, 3.05) is 49.2 Å². The second-order valence-corrected chi connectivity index (χ2v) is 11.6. The summed E-state index contributed by atoms with van der Waals surface area (Å²) in [6, 6.07) is 22.7.